The van der Waals surface area contributed by atoms with Crippen LogP contribution in [0.1, 0.15) is 12.2 Å². The second kappa shape index (κ2) is 8.60. The molecular weight excluding hydrogens is 437 g/mol. The van der Waals surface area contributed by atoms with Gasteiger partial charge in [-0.2, -0.15) is 0 Å². The molecule has 4 N–H and O–H groups in total. The van der Waals surface area contributed by atoms with Crippen molar-refractivity contribution < 1.29 is 19.1 Å². The third kappa shape index (κ3) is 4.30. The number of rotatable bonds is 6. The summed E-state index contributed by atoms with van der Waals surface area (Å²) in [5.74, 6) is -1.02. The molecule has 0 aliphatic heterocycles. The van der Waals surface area contributed by atoms with Crippen LogP contribution in [0.3, 0.4) is 0 Å². The third-order valence-electron chi connectivity index (χ3n) is 5.47. The number of halogens is 2. The van der Waals surface area contributed by atoms with Gasteiger partial charge >= 0.3 is 6.03 Å². The predicted molar refractivity (Wildman–Crippen MR) is 118 cm³/mol. The van der Waals surface area contributed by atoms with Gasteiger partial charge in [-0.1, -0.05) is 11.6 Å². The first-order valence-electron chi connectivity index (χ1n) is 9.89. The minimum absolute atomic E-state index is 0.0283. The van der Waals surface area contributed by atoms with E-state index in [1.165, 1.54) is 12.1 Å². The smallest absolute Gasteiger partial charge is 0.320 e. The lowest BCUT2D eigenvalue weighted by atomic mass is 10.1. The minimum Gasteiger partial charge on any atom is -0.396 e. The van der Waals surface area contributed by atoms with Crippen molar-refractivity contribution in [3.8, 4) is 5.69 Å². The average molecular weight is 458 g/mol. The van der Waals surface area contributed by atoms with Crippen LogP contribution >= 0.6 is 11.6 Å². The molecule has 8 nitrogen and oxygen atoms in total. The number of imidazole rings is 1. The zero-order chi connectivity index (χ0) is 22.9. The molecule has 1 aliphatic carbocycles. The van der Waals surface area contributed by atoms with Crippen LogP contribution in [0.2, 0.25) is 5.02 Å². The number of hydrogen-bond donors (Lipinski definition) is 4. The minimum atomic E-state index is -1.34. The first-order valence-corrected chi connectivity index (χ1v) is 10.3. The molecule has 2 aromatic carbocycles. The summed E-state index contributed by atoms with van der Waals surface area (Å²) < 4.78 is 16.4. The summed E-state index contributed by atoms with van der Waals surface area (Å²) in [6.45, 7) is 1.50. The summed E-state index contributed by atoms with van der Waals surface area (Å²) in [4.78, 5) is 29.5. The number of carbonyl (C=O) groups excluding carboxylic acids is 2. The van der Waals surface area contributed by atoms with Crippen molar-refractivity contribution in [3.63, 3.8) is 0 Å². The van der Waals surface area contributed by atoms with Crippen LogP contribution in [-0.2, 0) is 4.79 Å². The second-order valence-corrected chi connectivity index (χ2v) is 8.04. The summed E-state index contributed by atoms with van der Waals surface area (Å²) in [6.07, 6.45) is 3.55. The van der Waals surface area contributed by atoms with E-state index in [4.69, 9.17) is 11.6 Å². The summed E-state index contributed by atoms with van der Waals surface area (Å²) in [6, 6.07) is 10.2. The number of amides is 3. The first kappa shape index (κ1) is 21.8. The van der Waals surface area contributed by atoms with E-state index in [2.05, 4.69) is 20.9 Å². The molecule has 0 bridgehead atoms. The maximum atomic E-state index is 14.7. The molecule has 166 valence electrons. The molecule has 32 heavy (non-hydrogen) atoms. The monoisotopic (exact) mass is 457 g/mol. The van der Waals surface area contributed by atoms with E-state index in [0.717, 1.165) is 0 Å². The van der Waals surface area contributed by atoms with E-state index in [1.807, 2.05) is 0 Å². The first-order chi connectivity index (χ1) is 15.3. The third-order valence-corrected chi connectivity index (χ3v) is 5.73. The molecule has 1 fully saturated rings. The average Bonchev–Trinajstić information content (AvgIpc) is 3.31. The van der Waals surface area contributed by atoms with E-state index >= 15 is 0 Å². The molecule has 4 rings (SSSR count). The number of urea groups is 1. The number of carbonyl (C=O) groups is 2. The van der Waals surface area contributed by atoms with E-state index in [1.54, 1.807) is 54.2 Å². The molecule has 1 heterocycles. The Morgan fingerprint density at radius 2 is 2.00 bits per heavy atom. The Hall–Kier alpha value is -3.43. The Bertz CT molecular complexity index is 1170. The van der Waals surface area contributed by atoms with Crippen LogP contribution in [0, 0.1) is 18.7 Å². The van der Waals surface area contributed by atoms with Gasteiger partial charge in [0.15, 0.2) is 0 Å². The van der Waals surface area contributed by atoms with Crippen molar-refractivity contribution in [2.45, 2.75) is 18.9 Å². The van der Waals surface area contributed by atoms with Gasteiger partial charge in [-0.25, -0.2) is 14.2 Å². The second-order valence-electron chi connectivity index (χ2n) is 7.60. The quantitative estimate of drug-likeness (QED) is 0.454. The van der Waals surface area contributed by atoms with Crippen molar-refractivity contribution in [1.82, 2.24) is 14.9 Å². The number of aromatic nitrogens is 2. The summed E-state index contributed by atoms with van der Waals surface area (Å²) in [5, 5.41) is 17.9. The van der Waals surface area contributed by atoms with Gasteiger partial charge in [-0.15, -0.1) is 0 Å². The van der Waals surface area contributed by atoms with Gasteiger partial charge in [0.1, 0.15) is 17.2 Å². The fraction of sp³-hybridized carbons (Fsp3) is 0.227. The molecular formula is C22H21ClFN5O3. The predicted octanol–water partition coefficient (Wildman–Crippen LogP) is 3.48. The maximum Gasteiger partial charge on any atom is 0.320 e. The van der Waals surface area contributed by atoms with Crippen LogP contribution in [0.4, 0.5) is 20.6 Å². The summed E-state index contributed by atoms with van der Waals surface area (Å²) in [7, 11) is 0. The number of nitrogens with one attached hydrogen (secondary N) is 3. The largest absolute Gasteiger partial charge is 0.396 e. The fourth-order valence-corrected chi connectivity index (χ4v) is 3.70. The number of aryl methyl sites for hydroxylation is 1. The van der Waals surface area contributed by atoms with Gasteiger partial charge in [0.2, 0.25) is 0 Å². The highest BCUT2D eigenvalue weighted by Crippen LogP contribution is 2.44. The lowest BCUT2D eigenvalue weighted by molar-refractivity contribution is -0.119. The fourth-order valence-electron chi connectivity index (χ4n) is 3.58. The molecule has 2 unspecified atom stereocenters. The molecule has 0 radical (unpaired) electrons. The zero-order valence-corrected chi connectivity index (χ0v) is 17.9. The van der Waals surface area contributed by atoms with E-state index in [9.17, 15) is 19.1 Å². The van der Waals surface area contributed by atoms with Gasteiger partial charge < -0.3 is 25.6 Å². The van der Waals surface area contributed by atoms with Crippen molar-refractivity contribution in [2.24, 2.45) is 5.92 Å². The number of benzene rings is 2. The van der Waals surface area contributed by atoms with Crippen molar-refractivity contribution >= 4 is 34.9 Å². The topological polar surface area (TPSA) is 108 Å². The number of anilines is 2. The SMILES string of the molecule is Cc1nccn1-c1ccc(NC(=O)C2(NC(=O)Nc3ccc(Cl)cc3)CC2CO)c(F)c1. The highest BCUT2D eigenvalue weighted by Gasteiger charge is 2.61. The van der Waals surface area contributed by atoms with Crippen LogP contribution in [0.5, 0.6) is 0 Å². The van der Waals surface area contributed by atoms with Gasteiger partial charge in [-0.05, 0) is 49.7 Å². The van der Waals surface area contributed by atoms with Crippen LogP contribution in [-0.4, -0.2) is 38.7 Å². The van der Waals surface area contributed by atoms with Gasteiger partial charge in [0.25, 0.3) is 5.91 Å². The maximum absolute atomic E-state index is 14.7. The Morgan fingerprint density at radius 1 is 1.25 bits per heavy atom. The van der Waals surface area contributed by atoms with E-state index in [-0.39, 0.29) is 18.7 Å². The standard InChI is InChI=1S/C22H21ClFN5O3/c1-13-25-8-9-29(13)17-6-7-19(18(24)10-17)27-20(31)22(11-14(22)12-30)28-21(32)26-16-4-2-15(23)3-5-16/h2-10,14,30H,11-12H2,1H3,(H,27,31)(H2,26,28,32). The highest BCUT2D eigenvalue weighted by atomic mass is 35.5. The number of hydrogen-bond acceptors (Lipinski definition) is 4. The van der Waals surface area contributed by atoms with Crippen LogP contribution in [0.25, 0.3) is 5.69 Å². The molecule has 1 saturated carbocycles. The number of aliphatic hydroxyl groups is 1. The molecule has 0 saturated heterocycles. The van der Waals surface area contributed by atoms with E-state index in [0.29, 0.717) is 22.2 Å². The molecule has 0 spiro atoms. The van der Waals surface area contributed by atoms with Gasteiger partial charge in [-0.3, -0.25) is 4.79 Å². The van der Waals surface area contributed by atoms with Crippen molar-refractivity contribution in [3.05, 3.63) is 71.5 Å². The van der Waals surface area contributed by atoms with Crippen molar-refractivity contribution in [1.29, 1.82) is 0 Å². The molecule has 2 atom stereocenters. The Labute approximate surface area is 188 Å². The lowest BCUT2D eigenvalue weighted by Crippen LogP contribution is -2.49. The Kier molecular flexibility index (Phi) is 5.86. The summed E-state index contributed by atoms with van der Waals surface area (Å²) >= 11 is 5.84. The zero-order valence-electron chi connectivity index (χ0n) is 17.1. The van der Waals surface area contributed by atoms with Crippen molar-refractivity contribution in [2.75, 3.05) is 17.2 Å². The number of nitrogens with zero attached hydrogens (tertiary/aromatic N) is 2. The Morgan fingerprint density at radius 3 is 2.59 bits per heavy atom. The van der Waals surface area contributed by atoms with Gasteiger partial charge in [0.05, 0.1) is 5.69 Å². The van der Waals surface area contributed by atoms with E-state index < -0.39 is 29.2 Å². The van der Waals surface area contributed by atoms with Crippen LogP contribution < -0.4 is 16.0 Å². The molecule has 1 aromatic heterocycles. The lowest BCUT2D eigenvalue weighted by Gasteiger charge is -2.20. The van der Waals surface area contributed by atoms with Crippen LogP contribution in [0.15, 0.2) is 54.9 Å². The number of aliphatic hydroxyl groups excluding tert-OH is 1. The van der Waals surface area contributed by atoms with Gasteiger partial charge in [0, 0.05) is 47.4 Å². The molecule has 3 aromatic rings. The Balaban J connectivity index is 1.47. The normalized spacial score (nSPS) is 19.3. The molecule has 10 heteroatoms. The summed E-state index contributed by atoms with van der Waals surface area (Å²) in [5.41, 5.74) is -0.318. The molecule has 3 amide bonds. The highest BCUT2D eigenvalue weighted by molar-refractivity contribution is 6.30. The molecule has 1 aliphatic rings.